The molecule has 1 nitrogen and oxygen atoms in total. The Morgan fingerprint density at radius 1 is 1.21 bits per heavy atom. The van der Waals surface area contributed by atoms with Crippen molar-refractivity contribution in [3.63, 3.8) is 0 Å². The Kier molecular flexibility index (Phi) is 8.01. The second kappa shape index (κ2) is 8.61. The molecule has 0 amide bonds. The van der Waals surface area contributed by atoms with Crippen LogP contribution in [0.5, 0.6) is 0 Å². The second-order valence-corrected chi connectivity index (χ2v) is 3.04. The molecule has 82 valence electrons. The van der Waals surface area contributed by atoms with E-state index in [0.29, 0.717) is 0 Å². The van der Waals surface area contributed by atoms with Crippen LogP contribution >= 0.6 is 0 Å². The number of nitrogens with one attached hydrogen (secondary N) is 1. The average Bonchev–Trinajstić information content (AvgIpc) is 2.69. The topological polar surface area (TPSA) is 12.0 Å². The largest absolute Gasteiger partial charge is 0.384 e. The predicted octanol–water partition coefficient (Wildman–Crippen LogP) is 4.34. The first-order valence-corrected chi connectivity index (χ1v) is 5.70. The Bertz CT molecular complexity index is 213. The lowest BCUT2D eigenvalue weighted by molar-refractivity contribution is 1.09. The van der Waals surface area contributed by atoms with Gasteiger partial charge in [-0.15, -0.1) is 0 Å². The molecule has 0 spiro atoms. The number of rotatable bonds is 0. The van der Waals surface area contributed by atoms with Gasteiger partial charge in [-0.1, -0.05) is 52.3 Å². The Labute approximate surface area is 90.0 Å². The highest BCUT2D eigenvalue weighted by molar-refractivity contribution is 5.54. The van der Waals surface area contributed by atoms with Crippen molar-refractivity contribution in [1.82, 2.24) is 0 Å². The van der Waals surface area contributed by atoms with Crippen LogP contribution < -0.4 is 5.32 Å². The lowest BCUT2D eigenvalue weighted by Gasteiger charge is -1.94. The van der Waals surface area contributed by atoms with Gasteiger partial charge in [-0.3, -0.25) is 0 Å². The van der Waals surface area contributed by atoms with Crippen molar-refractivity contribution in [1.29, 1.82) is 0 Å². The van der Waals surface area contributed by atoms with Gasteiger partial charge in [-0.25, -0.2) is 0 Å². The SMILES string of the molecule is CC.CCC.[HH].c1ccc2c(c1)CCN2. The molecule has 0 aliphatic carbocycles. The molecule has 14 heavy (non-hydrogen) atoms. The summed E-state index contributed by atoms with van der Waals surface area (Å²) in [6.07, 6.45) is 2.44. The third-order valence-corrected chi connectivity index (χ3v) is 1.73. The molecule has 1 aliphatic heterocycles. The molecule has 0 saturated carbocycles. The van der Waals surface area contributed by atoms with Gasteiger partial charge in [0.1, 0.15) is 0 Å². The molecule has 0 radical (unpaired) electrons. The third-order valence-electron chi connectivity index (χ3n) is 1.73. The van der Waals surface area contributed by atoms with E-state index >= 15 is 0 Å². The van der Waals surface area contributed by atoms with E-state index in [1.54, 1.807) is 0 Å². The molecule has 0 saturated heterocycles. The number of benzene rings is 1. The molecule has 1 aromatic rings. The molecule has 0 unspecified atom stereocenters. The smallest absolute Gasteiger partial charge is 0.0373 e. The van der Waals surface area contributed by atoms with Gasteiger partial charge in [0.15, 0.2) is 0 Å². The van der Waals surface area contributed by atoms with Crippen LogP contribution in [0.4, 0.5) is 5.69 Å². The van der Waals surface area contributed by atoms with Crippen LogP contribution in [0, 0.1) is 0 Å². The van der Waals surface area contributed by atoms with Gasteiger partial charge in [-0.2, -0.15) is 0 Å². The van der Waals surface area contributed by atoms with Crippen molar-refractivity contribution < 1.29 is 1.43 Å². The Morgan fingerprint density at radius 2 is 1.79 bits per heavy atom. The molecular formula is C13H25N. The van der Waals surface area contributed by atoms with Crippen LogP contribution in [-0.4, -0.2) is 6.54 Å². The molecular weight excluding hydrogens is 170 g/mol. The maximum absolute atomic E-state index is 3.30. The minimum absolute atomic E-state index is 0. The van der Waals surface area contributed by atoms with Gasteiger partial charge >= 0.3 is 0 Å². The molecule has 2 rings (SSSR count). The zero-order chi connectivity index (χ0) is 10.8. The van der Waals surface area contributed by atoms with Gasteiger partial charge in [0.2, 0.25) is 0 Å². The first-order chi connectivity index (χ1) is 6.88. The Morgan fingerprint density at radius 3 is 2.36 bits per heavy atom. The van der Waals surface area contributed by atoms with E-state index in [2.05, 4.69) is 43.4 Å². The highest BCUT2D eigenvalue weighted by Gasteiger charge is 2.05. The van der Waals surface area contributed by atoms with Gasteiger partial charge in [0.25, 0.3) is 0 Å². The van der Waals surface area contributed by atoms with Crippen LogP contribution in [0.3, 0.4) is 0 Å². The monoisotopic (exact) mass is 195 g/mol. The summed E-state index contributed by atoms with van der Waals surface area (Å²) in [7, 11) is 0. The molecule has 0 aromatic heterocycles. The average molecular weight is 195 g/mol. The number of fused-ring (bicyclic) bond motifs is 1. The van der Waals surface area contributed by atoms with Gasteiger partial charge in [0, 0.05) is 13.7 Å². The third kappa shape index (κ3) is 4.31. The molecule has 1 aromatic carbocycles. The van der Waals surface area contributed by atoms with Crippen LogP contribution in [0.25, 0.3) is 0 Å². The summed E-state index contributed by atoms with van der Waals surface area (Å²) >= 11 is 0. The van der Waals surface area contributed by atoms with Crippen molar-refractivity contribution in [2.75, 3.05) is 11.9 Å². The second-order valence-electron chi connectivity index (χ2n) is 3.04. The number of hydrogen-bond donors (Lipinski definition) is 1. The highest BCUT2D eigenvalue weighted by atomic mass is 14.9. The summed E-state index contributed by atoms with van der Waals surface area (Å²) in [5.41, 5.74) is 2.77. The summed E-state index contributed by atoms with van der Waals surface area (Å²) in [5, 5.41) is 3.30. The quantitative estimate of drug-likeness (QED) is 0.649. The van der Waals surface area contributed by atoms with Crippen molar-refractivity contribution >= 4 is 5.69 Å². The van der Waals surface area contributed by atoms with E-state index in [-0.39, 0.29) is 1.43 Å². The predicted molar refractivity (Wildman–Crippen MR) is 68.1 cm³/mol. The normalized spacial score (nSPS) is 11.1. The minimum Gasteiger partial charge on any atom is -0.384 e. The fraction of sp³-hybridized carbons (Fsp3) is 0.538. The Balaban J connectivity index is 0. The van der Waals surface area contributed by atoms with E-state index < -0.39 is 0 Å². The lowest BCUT2D eigenvalue weighted by atomic mass is 10.2. The fourth-order valence-corrected chi connectivity index (χ4v) is 1.24. The van der Waals surface area contributed by atoms with E-state index in [0.717, 1.165) is 6.54 Å². The molecule has 0 atom stereocenters. The first kappa shape index (κ1) is 13.0. The van der Waals surface area contributed by atoms with E-state index in [9.17, 15) is 0 Å². The molecule has 0 fully saturated rings. The van der Waals surface area contributed by atoms with Crippen molar-refractivity contribution in [3.8, 4) is 0 Å². The first-order valence-electron chi connectivity index (χ1n) is 5.70. The van der Waals surface area contributed by atoms with Crippen molar-refractivity contribution in [3.05, 3.63) is 29.8 Å². The lowest BCUT2D eigenvalue weighted by Crippen LogP contribution is -1.90. The van der Waals surface area contributed by atoms with Gasteiger partial charge < -0.3 is 5.32 Å². The van der Waals surface area contributed by atoms with Crippen molar-refractivity contribution in [2.24, 2.45) is 0 Å². The van der Waals surface area contributed by atoms with Crippen LogP contribution in [0.2, 0.25) is 0 Å². The zero-order valence-electron chi connectivity index (χ0n) is 9.93. The van der Waals surface area contributed by atoms with Gasteiger partial charge in [0.05, 0.1) is 0 Å². The molecule has 0 bridgehead atoms. The summed E-state index contributed by atoms with van der Waals surface area (Å²) in [6, 6.07) is 8.46. The number of hydrogen-bond acceptors (Lipinski definition) is 1. The summed E-state index contributed by atoms with van der Waals surface area (Å²) < 4.78 is 0. The molecule has 1 aliphatic rings. The molecule has 1 heteroatoms. The summed E-state index contributed by atoms with van der Waals surface area (Å²) in [6.45, 7) is 9.36. The summed E-state index contributed by atoms with van der Waals surface area (Å²) in [5.74, 6) is 0. The highest BCUT2D eigenvalue weighted by Crippen LogP contribution is 2.19. The standard InChI is InChI=1S/C8H9N.C3H8.C2H6.H2/c1-2-4-8-7(3-1)5-6-9-8;1-3-2;1-2;/h1-4,9H,5-6H2;3H2,1-2H3;1-2H3;1H. The number of anilines is 1. The van der Waals surface area contributed by atoms with Crippen molar-refractivity contribution in [2.45, 2.75) is 40.5 Å². The maximum atomic E-state index is 3.30. The zero-order valence-corrected chi connectivity index (χ0v) is 9.93. The molecule has 1 heterocycles. The van der Waals surface area contributed by atoms with E-state index in [1.807, 2.05) is 13.8 Å². The van der Waals surface area contributed by atoms with Crippen LogP contribution in [-0.2, 0) is 6.42 Å². The fourth-order valence-electron chi connectivity index (χ4n) is 1.24. The minimum atomic E-state index is 0. The van der Waals surface area contributed by atoms with E-state index in [1.165, 1.54) is 24.1 Å². The summed E-state index contributed by atoms with van der Waals surface area (Å²) in [4.78, 5) is 0. The Hall–Kier alpha value is -0.980. The number of para-hydroxylation sites is 1. The maximum Gasteiger partial charge on any atom is 0.0373 e. The van der Waals surface area contributed by atoms with Crippen LogP contribution in [0.15, 0.2) is 24.3 Å². The molecule has 1 N–H and O–H groups in total. The van der Waals surface area contributed by atoms with E-state index in [4.69, 9.17) is 0 Å². The van der Waals surface area contributed by atoms with Crippen LogP contribution in [0.1, 0.15) is 41.1 Å². The van der Waals surface area contributed by atoms with Gasteiger partial charge in [-0.05, 0) is 18.1 Å².